The molecule has 0 bridgehead atoms. The summed E-state index contributed by atoms with van der Waals surface area (Å²) in [6.45, 7) is 11.4. The molecule has 1 heterocycles. The molecular weight excluding hydrogens is 196 g/mol. The average molecular weight is 218 g/mol. The number of anilines is 2. The van der Waals surface area contributed by atoms with Crippen LogP contribution < -0.4 is 10.6 Å². The summed E-state index contributed by atoms with van der Waals surface area (Å²) in [5.41, 5.74) is 9.63. The predicted molar refractivity (Wildman–Crippen MR) is 70.7 cm³/mol. The van der Waals surface area contributed by atoms with E-state index in [0.29, 0.717) is 5.41 Å². The van der Waals surface area contributed by atoms with Gasteiger partial charge in [-0.2, -0.15) is 0 Å². The molecule has 0 atom stereocenters. The van der Waals surface area contributed by atoms with Crippen LogP contribution >= 0.6 is 0 Å². The van der Waals surface area contributed by atoms with E-state index < -0.39 is 0 Å². The highest BCUT2D eigenvalue weighted by molar-refractivity contribution is 5.59. The van der Waals surface area contributed by atoms with E-state index in [9.17, 15) is 0 Å². The Balaban J connectivity index is 2.04. The van der Waals surface area contributed by atoms with Gasteiger partial charge in [0.1, 0.15) is 0 Å². The first-order valence-electron chi connectivity index (χ1n) is 5.99. The van der Waals surface area contributed by atoms with Crippen molar-refractivity contribution in [2.45, 2.75) is 27.7 Å². The summed E-state index contributed by atoms with van der Waals surface area (Å²) in [6, 6.07) is 6.32. The quantitative estimate of drug-likeness (QED) is 0.734. The second kappa shape index (κ2) is 3.69. The van der Waals surface area contributed by atoms with Crippen LogP contribution in [0.2, 0.25) is 0 Å². The number of nitrogens with zero attached hydrogens (tertiary/aromatic N) is 1. The van der Waals surface area contributed by atoms with Gasteiger partial charge in [0.25, 0.3) is 0 Å². The van der Waals surface area contributed by atoms with Crippen molar-refractivity contribution >= 4 is 11.4 Å². The summed E-state index contributed by atoms with van der Waals surface area (Å²) in [5, 5.41) is 0. The second-order valence-electron chi connectivity index (χ2n) is 6.01. The van der Waals surface area contributed by atoms with Crippen LogP contribution in [0.4, 0.5) is 11.4 Å². The molecule has 2 nitrogen and oxygen atoms in total. The molecule has 16 heavy (non-hydrogen) atoms. The molecule has 88 valence electrons. The number of rotatable bonds is 1. The van der Waals surface area contributed by atoms with Gasteiger partial charge < -0.3 is 10.6 Å². The van der Waals surface area contributed by atoms with Crippen LogP contribution in [0.1, 0.15) is 26.3 Å². The van der Waals surface area contributed by atoms with E-state index in [-0.39, 0.29) is 0 Å². The summed E-state index contributed by atoms with van der Waals surface area (Å²) in [4.78, 5) is 2.43. The standard InChI is InChI=1S/C14H22N2/c1-10-7-12(5-6-13(10)15)16-8-11(9-16)14(2,3)4/h5-7,11H,8-9,15H2,1-4H3. The van der Waals surface area contributed by atoms with Crippen molar-refractivity contribution in [3.8, 4) is 0 Å². The zero-order valence-corrected chi connectivity index (χ0v) is 10.7. The number of nitrogens with two attached hydrogens (primary N) is 1. The fourth-order valence-corrected chi connectivity index (χ4v) is 2.09. The maximum absolute atomic E-state index is 5.83. The summed E-state index contributed by atoms with van der Waals surface area (Å²) < 4.78 is 0. The van der Waals surface area contributed by atoms with Gasteiger partial charge in [0.2, 0.25) is 0 Å². The molecule has 0 aliphatic carbocycles. The Morgan fingerprint density at radius 3 is 2.38 bits per heavy atom. The van der Waals surface area contributed by atoms with Crippen LogP contribution in [0.25, 0.3) is 0 Å². The monoisotopic (exact) mass is 218 g/mol. The summed E-state index contributed by atoms with van der Waals surface area (Å²) in [6.07, 6.45) is 0. The van der Waals surface area contributed by atoms with E-state index in [1.807, 2.05) is 6.07 Å². The van der Waals surface area contributed by atoms with Crippen LogP contribution in [0, 0.1) is 18.3 Å². The maximum atomic E-state index is 5.83. The Morgan fingerprint density at radius 2 is 1.88 bits per heavy atom. The lowest BCUT2D eigenvalue weighted by atomic mass is 9.76. The normalized spacial score (nSPS) is 17.4. The fraction of sp³-hybridized carbons (Fsp3) is 0.571. The third kappa shape index (κ3) is 2.01. The Kier molecular flexibility index (Phi) is 2.61. The van der Waals surface area contributed by atoms with Gasteiger partial charge in [-0.25, -0.2) is 0 Å². The zero-order valence-electron chi connectivity index (χ0n) is 10.7. The molecule has 1 aromatic carbocycles. The van der Waals surface area contributed by atoms with Crippen LogP contribution in [-0.4, -0.2) is 13.1 Å². The minimum atomic E-state index is 0.430. The van der Waals surface area contributed by atoms with Gasteiger partial charge in [-0.3, -0.25) is 0 Å². The lowest BCUT2D eigenvalue weighted by Gasteiger charge is -2.47. The molecule has 0 amide bonds. The van der Waals surface area contributed by atoms with Crippen LogP contribution in [0.15, 0.2) is 18.2 Å². The zero-order chi connectivity index (χ0) is 11.9. The molecule has 1 saturated heterocycles. The van der Waals surface area contributed by atoms with E-state index in [1.165, 1.54) is 24.3 Å². The molecule has 0 unspecified atom stereocenters. The second-order valence-corrected chi connectivity index (χ2v) is 6.01. The highest BCUT2D eigenvalue weighted by Crippen LogP contribution is 2.36. The third-order valence-electron chi connectivity index (χ3n) is 3.72. The average Bonchev–Trinajstić information content (AvgIpc) is 2.06. The van der Waals surface area contributed by atoms with Crippen molar-refractivity contribution in [1.29, 1.82) is 0 Å². The molecule has 1 aromatic rings. The lowest BCUT2D eigenvalue weighted by molar-refractivity contribution is 0.195. The predicted octanol–water partition coefficient (Wildman–Crippen LogP) is 3.06. The molecule has 2 heteroatoms. The maximum Gasteiger partial charge on any atom is 0.0370 e. The molecular formula is C14H22N2. The van der Waals surface area contributed by atoms with Crippen LogP contribution in [0.3, 0.4) is 0 Å². The number of nitrogen functional groups attached to an aromatic ring is 1. The topological polar surface area (TPSA) is 29.3 Å². The first-order valence-corrected chi connectivity index (χ1v) is 5.99. The first kappa shape index (κ1) is 11.3. The van der Waals surface area contributed by atoms with Crippen molar-refractivity contribution in [2.24, 2.45) is 11.3 Å². The summed E-state index contributed by atoms with van der Waals surface area (Å²) >= 11 is 0. The highest BCUT2D eigenvalue weighted by Gasteiger charge is 2.35. The Morgan fingerprint density at radius 1 is 1.25 bits per heavy atom. The van der Waals surface area contributed by atoms with E-state index in [0.717, 1.165) is 11.6 Å². The van der Waals surface area contributed by atoms with Crippen LogP contribution in [-0.2, 0) is 0 Å². The van der Waals surface area contributed by atoms with Gasteiger partial charge in [-0.15, -0.1) is 0 Å². The number of hydrogen-bond acceptors (Lipinski definition) is 2. The van der Waals surface area contributed by atoms with E-state index >= 15 is 0 Å². The van der Waals surface area contributed by atoms with Crippen molar-refractivity contribution in [3.05, 3.63) is 23.8 Å². The van der Waals surface area contributed by atoms with Crippen molar-refractivity contribution < 1.29 is 0 Å². The molecule has 0 saturated carbocycles. The molecule has 0 radical (unpaired) electrons. The van der Waals surface area contributed by atoms with Crippen molar-refractivity contribution in [1.82, 2.24) is 0 Å². The fourth-order valence-electron chi connectivity index (χ4n) is 2.09. The number of aryl methyl sites for hydroxylation is 1. The molecule has 0 spiro atoms. The first-order chi connectivity index (χ1) is 7.38. The number of benzene rings is 1. The smallest absolute Gasteiger partial charge is 0.0370 e. The van der Waals surface area contributed by atoms with E-state index in [2.05, 4.69) is 44.7 Å². The van der Waals surface area contributed by atoms with Gasteiger partial charge >= 0.3 is 0 Å². The van der Waals surface area contributed by atoms with Gasteiger partial charge in [0.15, 0.2) is 0 Å². The van der Waals surface area contributed by atoms with Gasteiger partial charge in [-0.05, 0) is 42.0 Å². The Hall–Kier alpha value is -1.18. The molecule has 2 N–H and O–H groups in total. The highest BCUT2D eigenvalue weighted by atomic mass is 15.2. The van der Waals surface area contributed by atoms with Gasteiger partial charge in [0.05, 0.1) is 0 Å². The van der Waals surface area contributed by atoms with Gasteiger partial charge in [0, 0.05) is 24.5 Å². The van der Waals surface area contributed by atoms with Crippen molar-refractivity contribution in [3.63, 3.8) is 0 Å². The third-order valence-corrected chi connectivity index (χ3v) is 3.72. The molecule has 0 aromatic heterocycles. The molecule has 1 fully saturated rings. The SMILES string of the molecule is Cc1cc(N2CC(C(C)(C)C)C2)ccc1N. The molecule has 2 rings (SSSR count). The van der Waals surface area contributed by atoms with E-state index in [4.69, 9.17) is 5.73 Å². The minimum absolute atomic E-state index is 0.430. The summed E-state index contributed by atoms with van der Waals surface area (Å²) in [5.74, 6) is 0.811. The van der Waals surface area contributed by atoms with E-state index in [1.54, 1.807) is 0 Å². The lowest BCUT2D eigenvalue weighted by Crippen LogP contribution is -2.52. The minimum Gasteiger partial charge on any atom is -0.399 e. The van der Waals surface area contributed by atoms with Crippen molar-refractivity contribution in [2.75, 3.05) is 23.7 Å². The van der Waals surface area contributed by atoms with Gasteiger partial charge in [-0.1, -0.05) is 20.8 Å². The Labute approximate surface area is 98.4 Å². The molecule has 1 aliphatic rings. The summed E-state index contributed by atoms with van der Waals surface area (Å²) in [7, 11) is 0. The largest absolute Gasteiger partial charge is 0.399 e. The Bertz CT molecular complexity index is 384. The number of hydrogen-bond donors (Lipinski definition) is 1. The van der Waals surface area contributed by atoms with Crippen LogP contribution in [0.5, 0.6) is 0 Å². The molecule has 1 aliphatic heterocycles.